The maximum Gasteiger partial charge on any atom is 0.419 e. The van der Waals surface area contributed by atoms with Crippen LogP contribution in [-0.4, -0.2) is 28.8 Å². The van der Waals surface area contributed by atoms with Crippen molar-refractivity contribution in [1.29, 1.82) is 0 Å². The SMILES string of the molecule is CCOC(=O)c1c(C)c2ccccc2n1C(=O)OC(C)(C)C. The molecule has 2 aromatic rings. The van der Waals surface area contributed by atoms with E-state index in [-0.39, 0.29) is 12.3 Å². The summed E-state index contributed by atoms with van der Waals surface area (Å²) in [6.07, 6.45) is -0.583. The van der Waals surface area contributed by atoms with Crippen LogP contribution in [-0.2, 0) is 9.47 Å². The summed E-state index contributed by atoms with van der Waals surface area (Å²) >= 11 is 0. The minimum absolute atomic E-state index is 0.220. The molecule has 0 radical (unpaired) electrons. The highest BCUT2D eigenvalue weighted by Crippen LogP contribution is 2.27. The number of para-hydroxylation sites is 1. The van der Waals surface area contributed by atoms with Gasteiger partial charge in [0.1, 0.15) is 11.3 Å². The van der Waals surface area contributed by atoms with E-state index >= 15 is 0 Å². The lowest BCUT2D eigenvalue weighted by Gasteiger charge is -2.20. The van der Waals surface area contributed by atoms with Gasteiger partial charge in [0.25, 0.3) is 0 Å². The van der Waals surface area contributed by atoms with Crippen LogP contribution >= 0.6 is 0 Å². The van der Waals surface area contributed by atoms with E-state index in [9.17, 15) is 9.59 Å². The molecule has 5 heteroatoms. The van der Waals surface area contributed by atoms with E-state index in [4.69, 9.17) is 9.47 Å². The molecule has 118 valence electrons. The van der Waals surface area contributed by atoms with Gasteiger partial charge in [-0.05, 0) is 46.2 Å². The van der Waals surface area contributed by atoms with Gasteiger partial charge in [-0.1, -0.05) is 18.2 Å². The van der Waals surface area contributed by atoms with E-state index in [1.165, 1.54) is 4.57 Å². The van der Waals surface area contributed by atoms with E-state index in [0.717, 1.165) is 5.39 Å². The largest absolute Gasteiger partial charge is 0.461 e. The molecule has 0 saturated heterocycles. The number of hydrogen-bond acceptors (Lipinski definition) is 4. The van der Waals surface area contributed by atoms with Gasteiger partial charge in [-0.3, -0.25) is 0 Å². The van der Waals surface area contributed by atoms with Crippen molar-refractivity contribution in [1.82, 2.24) is 4.57 Å². The van der Waals surface area contributed by atoms with Gasteiger partial charge in [-0.2, -0.15) is 0 Å². The molecule has 22 heavy (non-hydrogen) atoms. The number of aromatic nitrogens is 1. The number of nitrogens with zero attached hydrogens (tertiary/aromatic N) is 1. The van der Waals surface area contributed by atoms with Crippen molar-refractivity contribution in [3.63, 3.8) is 0 Å². The smallest absolute Gasteiger partial charge is 0.419 e. The van der Waals surface area contributed by atoms with E-state index in [1.807, 2.05) is 18.2 Å². The van der Waals surface area contributed by atoms with Crippen LogP contribution in [0.4, 0.5) is 4.79 Å². The third-order valence-corrected chi connectivity index (χ3v) is 3.17. The Labute approximate surface area is 129 Å². The number of benzene rings is 1. The van der Waals surface area contributed by atoms with Gasteiger partial charge in [-0.15, -0.1) is 0 Å². The van der Waals surface area contributed by atoms with Crippen LogP contribution < -0.4 is 0 Å². The lowest BCUT2D eigenvalue weighted by molar-refractivity contribution is 0.0453. The summed E-state index contributed by atoms with van der Waals surface area (Å²) in [6, 6.07) is 7.34. The fourth-order valence-electron chi connectivity index (χ4n) is 2.34. The van der Waals surface area contributed by atoms with Crippen LogP contribution in [0.5, 0.6) is 0 Å². The molecule has 0 amide bonds. The van der Waals surface area contributed by atoms with Gasteiger partial charge in [0, 0.05) is 5.39 Å². The number of carbonyl (C=O) groups excluding carboxylic acids is 2. The van der Waals surface area contributed by atoms with Gasteiger partial charge in [-0.25, -0.2) is 14.2 Å². The Morgan fingerprint density at radius 1 is 1.18 bits per heavy atom. The lowest BCUT2D eigenvalue weighted by atomic mass is 10.1. The minimum Gasteiger partial charge on any atom is -0.461 e. The Bertz CT molecular complexity index is 722. The maximum atomic E-state index is 12.6. The summed E-state index contributed by atoms with van der Waals surface area (Å²) in [5, 5.41) is 0.830. The van der Waals surface area contributed by atoms with Crippen molar-refractivity contribution in [3.8, 4) is 0 Å². The summed E-state index contributed by atoms with van der Waals surface area (Å²) in [5.74, 6) is -0.526. The van der Waals surface area contributed by atoms with Crippen LogP contribution in [0.1, 0.15) is 43.7 Å². The molecule has 0 N–H and O–H groups in total. The predicted molar refractivity (Wildman–Crippen MR) is 84.3 cm³/mol. The highest BCUT2D eigenvalue weighted by molar-refractivity contribution is 6.04. The molecule has 0 spiro atoms. The molecule has 0 bridgehead atoms. The number of carbonyl (C=O) groups is 2. The first-order valence-corrected chi connectivity index (χ1v) is 7.26. The molecule has 0 aliphatic carbocycles. The van der Waals surface area contributed by atoms with Crippen molar-refractivity contribution >= 4 is 23.0 Å². The average molecular weight is 303 g/mol. The van der Waals surface area contributed by atoms with E-state index in [1.54, 1.807) is 40.7 Å². The third-order valence-electron chi connectivity index (χ3n) is 3.17. The molecule has 0 fully saturated rings. The van der Waals surface area contributed by atoms with Gasteiger partial charge < -0.3 is 9.47 Å². The molecular weight excluding hydrogens is 282 g/mol. The molecule has 1 aromatic carbocycles. The molecule has 2 rings (SSSR count). The van der Waals surface area contributed by atoms with E-state index in [2.05, 4.69) is 0 Å². The van der Waals surface area contributed by atoms with E-state index < -0.39 is 17.7 Å². The van der Waals surface area contributed by atoms with Crippen molar-refractivity contribution in [2.24, 2.45) is 0 Å². The first-order chi connectivity index (χ1) is 10.3. The topological polar surface area (TPSA) is 57.5 Å². The van der Waals surface area contributed by atoms with Gasteiger partial charge in [0.05, 0.1) is 12.1 Å². The molecule has 5 nitrogen and oxygen atoms in total. The summed E-state index contributed by atoms with van der Waals surface area (Å²) in [5.41, 5.74) is 0.914. The Balaban J connectivity index is 2.66. The van der Waals surface area contributed by atoms with Gasteiger partial charge in [0.15, 0.2) is 0 Å². The Morgan fingerprint density at radius 3 is 2.41 bits per heavy atom. The highest BCUT2D eigenvalue weighted by atomic mass is 16.6. The zero-order valence-corrected chi connectivity index (χ0v) is 13.6. The van der Waals surface area contributed by atoms with Crippen LogP contribution in [0.25, 0.3) is 10.9 Å². The molecule has 0 atom stereocenters. The zero-order valence-electron chi connectivity index (χ0n) is 13.6. The third kappa shape index (κ3) is 2.98. The first kappa shape index (κ1) is 16.1. The van der Waals surface area contributed by atoms with Crippen LogP contribution in [0.15, 0.2) is 24.3 Å². The average Bonchev–Trinajstić information content (AvgIpc) is 2.71. The fraction of sp³-hybridized carbons (Fsp3) is 0.412. The lowest BCUT2D eigenvalue weighted by Crippen LogP contribution is -2.29. The molecule has 0 aliphatic heterocycles. The Morgan fingerprint density at radius 2 is 1.82 bits per heavy atom. The number of rotatable bonds is 2. The Kier molecular flexibility index (Phi) is 4.26. The van der Waals surface area contributed by atoms with Crippen molar-refractivity contribution < 1.29 is 19.1 Å². The van der Waals surface area contributed by atoms with Crippen molar-refractivity contribution in [3.05, 3.63) is 35.5 Å². The summed E-state index contributed by atoms with van der Waals surface area (Å²) in [7, 11) is 0. The standard InChI is InChI=1S/C17H21NO4/c1-6-21-15(19)14-11(2)12-9-7-8-10-13(12)18(14)16(20)22-17(3,4)5/h7-10H,6H2,1-5H3. The molecule has 1 aromatic heterocycles. The number of hydrogen-bond donors (Lipinski definition) is 0. The second kappa shape index (κ2) is 5.83. The van der Waals surface area contributed by atoms with Crippen LogP contribution in [0.2, 0.25) is 0 Å². The zero-order chi connectivity index (χ0) is 16.5. The summed E-state index contributed by atoms with van der Waals surface area (Å²) in [4.78, 5) is 24.8. The molecule has 0 unspecified atom stereocenters. The predicted octanol–water partition coefficient (Wildman–Crippen LogP) is 3.91. The van der Waals surface area contributed by atoms with Crippen molar-refractivity contribution in [2.75, 3.05) is 6.61 Å². The highest BCUT2D eigenvalue weighted by Gasteiger charge is 2.28. The monoisotopic (exact) mass is 303 g/mol. The minimum atomic E-state index is -0.651. The molecule has 0 aliphatic rings. The number of aryl methyl sites for hydroxylation is 1. The van der Waals surface area contributed by atoms with E-state index in [0.29, 0.717) is 11.1 Å². The fourth-order valence-corrected chi connectivity index (χ4v) is 2.34. The quantitative estimate of drug-likeness (QED) is 0.789. The second-order valence-electron chi connectivity index (χ2n) is 6.03. The summed E-state index contributed by atoms with van der Waals surface area (Å²) in [6.45, 7) is 9.13. The maximum absolute atomic E-state index is 12.6. The second-order valence-corrected chi connectivity index (χ2v) is 6.03. The van der Waals surface area contributed by atoms with Crippen molar-refractivity contribution in [2.45, 2.75) is 40.2 Å². The van der Waals surface area contributed by atoms with Crippen LogP contribution in [0.3, 0.4) is 0 Å². The van der Waals surface area contributed by atoms with Crippen LogP contribution in [0, 0.1) is 6.92 Å². The molecule has 1 heterocycles. The number of fused-ring (bicyclic) bond motifs is 1. The normalized spacial score (nSPS) is 11.5. The van der Waals surface area contributed by atoms with Gasteiger partial charge in [0.2, 0.25) is 0 Å². The number of esters is 1. The molecular formula is C17H21NO4. The summed E-state index contributed by atoms with van der Waals surface area (Å²) < 4.78 is 11.8. The number of ether oxygens (including phenoxy) is 2. The Hall–Kier alpha value is -2.30. The van der Waals surface area contributed by atoms with Gasteiger partial charge >= 0.3 is 12.1 Å². The molecule has 0 saturated carbocycles. The first-order valence-electron chi connectivity index (χ1n) is 7.26.